The number of esters is 1. The van der Waals surface area contributed by atoms with Gasteiger partial charge in [-0.1, -0.05) is 30.3 Å². The van der Waals surface area contributed by atoms with E-state index in [1.807, 2.05) is 30.3 Å². The molecule has 0 radical (unpaired) electrons. The third kappa shape index (κ3) is 2.86. The van der Waals surface area contributed by atoms with Crippen molar-refractivity contribution < 1.29 is 14.3 Å². The maximum absolute atomic E-state index is 12.0. The predicted octanol–water partition coefficient (Wildman–Crippen LogP) is 2.93. The fourth-order valence-corrected chi connectivity index (χ4v) is 2.03. The van der Waals surface area contributed by atoms with Gasteiger partial charge in [0.2, 0.25) is 5.88 Å². The van der Waals surface area contributed by atoms with E-state index in [1.165, 1.54) is 0 Å². The van der Waals surface area contributed by atoms with Crippen LogP contribution in [0.4, 0.5) is 0 Å². The number of carbonyl (C=O) groups is 1. The monoisotopic (exact) mass is 282 g/mol. The Labute approximate surface area is 121 Å². The Hall–Kier alpha value is -2.82. The van der Waals surface area contributed by atoms with Crippen LogP contribution in [-0.4, -0.2) is 23.0 Å². The van der Waals surface area contributed by atoms with Crippen molar-refractivity contribution in [2.75, 3.05) is 7.11 Å². The molecule has 21 heavy (non-hydrogen) atoms. The summed E-state index contributed by atoms with van der Waals surface area (Å²) < 4.78 is 10.3. The minimum atomic E-state index is -0.394. The first kappa shape index (κ1) is 13.2. The van der Waals surface area contributed by atoms with Crippen molar-refractivity contribution in [3.8, 4) is 5.88 Å². The lowest BCUT2D eigenvalue weighted by Crippen LogP contribution is -2.05. The van der Waals surface area contributed by atoms with Crippen LogP contribution in [0.1, 0.15) is 16.1 Å². The molecule has 5 heteroatoms. The Kier molecular flexibility index (Phi) is 3.55. The van der Waals surface area contributed by atoms with Gasteiger partial charge in [0, 0.05) is 11.5 Å². The van der Waals surface area contributed by atoms with Crippen LogP contribution in [-0.2, 0) is 11.3 Å². The number of ether oxygens (including phenoxy) is 2. The molecule has 0 aliphatic carbocycles. The number of hydrogen-bond acceptors (Lipinski definition) is 4. The molecule has 0 aliphatic rings. The van der Waals surface area contributed by atoms with Gasteiger partial charge in [-0.2, -0.15) is 0 Å². The summed E-state index contributed by atoms with van der Waals surface area (Å²) in [7, 11) is 1.55. The topological polar surface area (TPSA) is 64.2 Å². The van der Waals surface area contributed by atoms with Crippen LogP contribution in [0.5, 0.6) is 5.88 Å². The van der Waals surface area contributed by atoms with Gasteiger partial charge in [0.15, 0.2) is 0 Å². The van der Waals surface area contributed by atoms with E-state index in [2.05, 4.69) is 9.97 Å². The van der Waals surface area contributed by atoms with Crippen molar-refractivity contribution in [3.05, 3.63) is 59.9 Å². The van der Waals surface area contributed by atoms with Crippen molar-refractivity contribution in [2.24, 2.45) is 0 Å². The van der Waals surface area contributed by atoms with Gasteiger partial charge in [0.25, 0.3) is 0 Å². The number of carbonyl (C=O) groups excluding carboxylic acids is 1. The molecule has 0 atom stereocenters. The Morgan fingerprint density at radius 3 is 2.81 bits per heavy atom. The highest BCUT2D eigenvalue weighted by atomic mass is 16.5. The molecule has 106 valence electrons. The largest absolute Gasteiger partial charge is 0.481 e. The van der Waals surface area contributed by atoms with Crippen LogP contribution in [0.2, 0.25) is 0 Å². The highest BCUT2D eigenvalue weighted by molar-refractivity contribution is 5.94. The van der Waals surface area contributed by atoms with Crippen LogP contribution in [0.15, 0.2) is 48.7 Å². The summed E-state index contributed by atoms with van der Waals surface area (Å²) in [5, 5.41) is 0.855. The lowest BCUT2D eigenvalue weighted by Gasteiger charge is -2.02. The van der Waals surface area contributed by atoms with E-state index in [9.17, 15) is 4.79 Å². The maximum atomic E-state index is 12.0. The van der Waals surface area contributed by atoms with Crippen molar-refractivity contribution in [3.63, 3.8) is 0 Å². The third-order valence-corrected chi connectivity index (χ3v) is 3.12. The van der Waals surface area contributed by atoms with Crippen molar-refractivity contribution >= 4 is 16.9 Å². The van der Waals surface area contributed by atoms with Gasteiger partial charge in [0.1, 0.15) is 12.3 Å². The molecule has 3 rings (SSSR count). The number of H-pyrrole nitrogens is 1. The molecule has 0 saturated heterocycles. The van der Waals surface area contributed by atoms with E-state index in [4.69, 9.17) is 9.47 Å². The molecule has 1 N–H and O–H groups in total. The van der Waals surface area contributed by atoms with Crippen molar-refractivity contribution in [1.82, 2.24) is 9.97 Å². The van der Waals surface area contributed by atoms with Gasteiger partial charge in [-0.3, -0.25) is 0 Å². The molecule has 5 nitrogen and oxygen atoms in total. The number of nitrogens with one attached hydrogen (secondary N) is 1. The van der Waals surface area contributed by atoms with E-state index in [-0.39, 0.29) is 6.61 Å². The van der Waals surface area contributed by atoms with Crippen LogP contribution >= 0.6 is 0 Å². The number of pyridine rings is 1. The zero-order valence-corrected chi connectivity index (χ0v) is 11.5. The molecular weight excluding hydrogens is 268 g/mol. The molecule has 1 aromatic carbocycles. The Bertz CT molecular complexity index is 766. The first-order chi connectivity index (χ1) is 10.3. The zero-order valence-electron chi connectivity index (χ0n) is 11.5. The lowest BCUT2D eigenvalue weighted by molar-refractivity contribution is 0.0467. The van der Waals surface area contributed by atoms with E-state index < -0.39 is 5.97 Å². The van der Waals surface area contributed by atoms with E-state index in [1.54, 1.807) is 25.4 Å². The summed E-state index contributed by atoms with van der Waals surface area (Å²) >= 11 is 0. The minimum Gasteiger partial charge on any atom is -0.481 e. The second-order valence-electron chi connectivity index (χ2n) is 4.56. The second-order valence-corrected chi connectivity index (χ2v) is 4.56. The standard InChI is InChI=1S/C16H14N2O3/c1-20-15-8-12-7-13(18-14(12)9-17-15)16(19)21-10-11-5-3-2-4-6-11/h2-9,18H,10H2,1H3. The summed E-state index contributed by atoms with van der Waals surface area (Å²) in [6.07, 6.45) is 1.63. The lowest BCUT2D eigenvalue weighted by atomic mass is 10.2. The van der Waals surface area contributed by atoms with Crippen LogP contribution in [0.3, 0.4) is 0 Å². The Morgan fingerprint density at radius 2 is 2.05 bits per heavy atom. The zero-order chi connectivity index (χ0) is 14.7. The average molecular weight is 282 g/mol. The van der Waals surface area contributed by atoms with Gasteiger partial charge >= 0.3 is 5.97 Å². The SMILES string of the molecule is COc1cc2cc(C(=O)OCc3ccccc3)[nH]c2cn1. The number of nitrogens with zero attached hydrogens (tertiary/aromatic N) is 1. The van der Waals surface area contributed by atoms with Gasteiger partial charge in [0.05, 0.1) is 18.8 Å². The number of methoxy groups -OCH3 is 1. The molecule has 0 fully saturated rings. The number of aromatic nitrogens is 2. The highest BCUT2D eigenvalue weighted by Crippen LogP contribution is 2.19. The number of fused-ring (bicyclic) bond motifs is 1. The van der Waals surface area contributed by atoms with Crippen LogP contribution < -0.4 is 4.74 Å². The molecule has 3 aromatic rings. The fraction of sp³-hybridized carbons (Fsp3) is 0.125. The van der Waals surface area contributed by atoms with Gasteiger partial charge in [-0.05, 0) is 11.6 Å². The predicted molar refractivity (Wildman–Crippen MR) is 78.2 cm³/mol. The molecule has 0 amide bonds. The summed E-state index contributed by atoms with van der Waals surface area (Å²) in [6, 6.07) is 13.0. The van der Waals surface area contributed by atoms with E-state index in [0.29, 0.717) is 11.6 Å². The van der Waals surface area contributed by atoms with Gasteiger partial charge < -0.3 is 14.5 Å². The summed E-state index contributed by atoms with van der Waals surface area (Å²) in [5.41, 5.74) is 2.11. The quantitative estimate of drug-likeness (QED) is 0.747. The van der Waals surface area contributed by atoms with E-state index >= 15 is 0 Å². The van der Waals surface area contributed by atoms with Gasteiger partial charge in [-0.25, -0.2) is 9.78 Å². The third-order valence-electron chi connectivity index (χ3n) is 3.12. The molecular formula is C16H14N2O3. The number of hydrogen-bond donors (Lipinski definition) is 1. The minimum absolute atomic E-state index is 0.247. The van der Waals surface area contributed by atoms with E-state index in [0.717, 1.165) is 16.5 Å². The normalized spacial score (nSPS) is 10.5. The summed E-state index contributed by atoms with van der Waals surface area (Å²) in [4.78, 5) is 19.1. The highest BCUT2D eigenvalue weighted by Gasteiger charge is 2.12. The second kappa shape index (κ2) is 5.66. The Balaban J connectivity index is 1.75. The Morgan fingerprint density at radius 1 is 1.24 bits per heavy atom. The molecule has 0 unspecified atom stereocenters. The fourth-order valence-electron chi connectivity index (χ4n) is 2.03. The molecule has 2 aromatic heterocycles. The first-order valence-electron chi connectivity index (χ1n) is 6.50. The molecule has 0 spiro atoms. The number of aromatic amines is 1. The van der Waals surface area contributed by atoms with Crippen LogP contribution in [0.25, 0.3) is 10.9 Å². The first-order valence-corrected chi connectivity index (χ1v) is 6.50. The number of rotatable bonds is 4. The maximum Gasteiger partial charge on any atom is 0.355 e. The van der Waals surface area contributed by atoms with Crippen LogP contribution in [0, 0.1) is 0 Å². The van der Waals surface area contributed by atoms with Crippen molar-refractivity contribution in [1.29, 1.82) is 0 Å². The molecule has 0 saturated carbocycles. The summed E-state index contributed by atoms with van der Waals surface area (Å²) in [5.74, 6) is 0.111. The molecule has 2 heterocycles. The molecule has 0 aliphatic heterocycles. The van der Waals surface area contributed by atoms with Gasteiger partial charge in [-0.15, -0.1) is 0 Å². The number of benzene rings is 1. The average Bonchev–Trinajstić information content (AvgIpc) is 2.96. The smallest absolute Gasteiger partial charge is 0.355 e. The van der Waals surface area contributed by atoms with Crippen molar-refractivity contribution in [2.45, 2.75) is 6.61 Å². The summed E-state index contributed by atoms with van der Waals surface area (Å²) in [6.45, 7) is 0.247. The molecule has 0 bridgehead atoms.